The SMILES string of the molecule is Cc1oc2nc3c(c(NC(=O)CN4CCCC4=O)c2c1C)CCCC3. The number of fused-ring (bicyclic) bond motifs is 2. The Balaban J connectivity index is 1.71. The van der Waals surface area contributed by atoms with Crippen molar-refractivity contribution < 1.29 is 14.0 Å². The van der Waals surface area contributed by atoms with E-state index in [-0.39, 0.29) is 18.4 Å². The van der Waals surface area contributed by atoms with Crippen LogP contribution < -0.4 is 5.32 Å². The van der Waals surface area contributed by atoms with Crippen molar-refractivity contribution in [3.8, 4) is 0 Å². The number of hydrogen-bond donors (Lipinski definition) is 1. The second-order valence-electron chi connectivity index (χ2n) is 7.05. The van der Waals surface area contributed by atoms with Crippen molar-refractivity contribution in [2.75, 3.05) is 18.4 Å². The van der Waals surface area contributed by atoms with Crippen LogP contribution in [-0.2, 0) is 22.4 Å². The number of nitrogens with zero attached hydrogens (tertiary/aromatic N) is 2. The Kier molecular flexibility index (Phi) is 3.98. The Morgan fingerprint density at radius 2 is 2.00 bits per heavy atom. The minimum absolute atomic E-state index is 0.0624. The van der Waals surface area contributed by atoms with Gasteiger partial charge in [-0.3, -0.25) is 9.59 Å². The molecule has 1 fully saturated rings. The molecule has 6 nitrogen and oxygen atoms in total. The van der Waals surface area contributed by atoms with Gasteiger partial charge < -0.3 is 14.6 Å². The molecule has 4 rings (SSSR count). The highest BCUT2D eigenvalue weighted by Gasteiger charge is 2.26. The molecular weight excluding hydrogens is 318 g/mol. The van der Waals surface area contributed by atoms with Gasteiger partial charge in [-0.15, -0.1) is 0 Å². The summed E-state index contributed by atoms with van der Waals surface area (Å²) in [6.45, 7) is 4.70. The molecule has 25 heavy (non-hydrogen) atoms. The summed E-state index contributed by atoms with van der Waals surface area (Å²) >= 11 is 0. The van der Waals surface area contributed by atoms with Crippen LogP contribution in [0.4, 0.5) is 5.69 Å². The molecule has 0 saturated carbocycles. The Morgan fingerprint density at radius 3 is 2.76 bits per heavy atom. The number of carbonyl (C=O) groups excluding carboxylic acids is 2. The van der Waals surface area contributed by atoms with E-state index < -0.39 is 0 Å². The predicted octanol–water partition coefficient (Wildman–Crippen LogP) is 2.88. The third-order valence-corrected chi connectivity index (χ3v) is 5.36. The minimum Gasteiger partial charge on any atom is -0.443 e. The zero-order chi connectivity index (χ0) is 17.6. The van der Waals surface area contributed by atoms with Gasteiger partial charge in [0.1, 0.15) is 5.76 Å². The first-order valence-corrected chi connectivity index (χ1v) is 9.03. The highest BCUT2D eigenvalue weighted by Crippen LogP contribution is 2.37. The lowest BCUT2D eigenvalue weighted by molar-refractivity contribution is -0.131. The number of carbonyl (C=O) groups is 2. The summed E-state index contributed by atoms with van der Waals surface area (Å²) < 4.78 is 5.81. The molecule has 1 N–H and O–H groups in total. The van der Waals surface area contributed by atoms with E-state index in [4.69, 9.17) is 9.40 Å². The fourth-order valence-corrected chi connectivity index (χ4v) is 3.90. The smallest absolute Gasteiger partial charge is 0.244 e. The van der Waals surface area contributed by atoms with E-state index in [1.54, 1.807) is 4.90 Å². The van der Waals surface area contributed by atoms with Gasteiger partial charge in [0.05, 0.1) is 17.6 Å². The van der Waals surface area contributed by atoms with Crippen molar-refractivity contribution >= 4 is 28.6 Å². The number of aryl methyl sites for hydroxylation is 3. The normalized spacial score (nSPS) is 17.2. The number of hydrogen-bond acceptors (Lipinski definition) is 4. The maximum absolute atomic E-state index is 12.6. The van der Waals surface area contributed by atoms with Crippen molar-refractivity contribution in [2.24, 2.45) is 0 Å². The van der Waals surface area contributed by atoms with Crippen LogP contribution in [0.3, 0.4) is 0 Å². The van der Waals surface area contributed by atoms with Gasteiger partial charge in [0.2, 0.25) is 17.5 Å². The monoisotopic (exact) mass is 341 g/mol. The number of furan rings is 1. The molecule has 0 bridgehead atoms. The Bertz CT molecular complexity index is 869. The van der Waals surface area contributed by atoms with Gasteiger partial charge in [0.25, 0.3) is 0 Å². The van der Waals surface area contributed by atoms with Crippen LogP contribution in [0.1, 0.15) is 48.3 Å². The lowest BCUT2D eigenvalue weighted by Crippen LogP contribution is -2.34. The largest absolute Gasteiger partial charge is 0.443 e. The number of rotatable bonds is 3. The average molecular weight is 341 g/mol. The molecule has 2 aromatic heterocycles. The molecule has 2 aliphatic rings. The van der Waals surface area contributed by atoms with Crippen molar-refractivity contribution in [3.63, 3.8) is 0 Å². The van der Waals surface area contributed by atoms with Crippen molar-refractivity contribution in [2.45, 2.75) is 52.4 Å². The second-order valence-corrected chi connectivity index (χ2v) is 7.05. The van der Waals surface area contributed by atoms with Crippen LogP contribution in [-0.4, -0.2) is 34.8 Å². The first kappa shape index (κ1) is 16.1. The van der Waals surface area contributed by atoms with Crippen LogP contribution in [0.25, 0.3) is 11.1 Å². The molecule has 132 valence electrons. The summed E-state index contributed by atoms with van der Waals surface area (Å²) in [7, 11) is 0. The van der Waals surface area contributed by atoms with E-state index in [1.165, 1.54) is 0 Å². The second kappa shape index (κ2) is 6.17. The zero-order valence-electron chi connectivity index (χ0n) is 14.8. The highest BCUT2D eigenvalue weighted by molar-refractivity contribution is 6.04. The van der Waals surface area contributed by atoms with Gasteiger partial charge in [0.15, 0.2) is 0 Å². The summed E-state index contributed by atoms with van der Waals surface area (Å²) in [5, 5.41) is 3.98. The van der Waals surface area contributed by atoms with Gasteiger partial charge >= 0.3 is 0 Å². The summed E-state index contributed by atoms with van der Waals surface area (Å²) in [5.41, 5.74) is 4.61. The Hall–Kier alpha value is -2.37. The maximum atomic E-state index is 12.6. The van der Waals surface area contributed by atoms with Gasteiger partial charge in [0, 0.05) is 24.2 Å². The minimum atomic E-state index is -0.145. The molecule has 3 heterocycles. The molecule has 1 aliphatic heterocycles. The van der Waals surface area contributed by atoms with E-state index in [2.05, 4.69) is 5.32 Å². The van der Waals surface area contributed by atoms with Crippen molar-refractivity contribution in [3.05, 3.63) is 22.6 Å². The van der Waals surface area contributed by atoms with Gasteiger partial charge in [-0.25, -0.2) is 4.98 Å². The van der Waals surface area contributed by atoms with E-state index in [0.717, 1.165) is 65.8 Å². The Morgan fingerprint density at radius 1 is 1.20 bits per heavy atom. The van der Waals surface area contributed by atoms with Crippen LogP contribution in [0.15, 0.2) is 4.42 Å². The molecule has 0 aromatic carbocycles. The van der Waals surface area contributed by atoms with E-state index >= 15 is 0 Å². The van der Waals surface area contributed by atoms with Crippen LogP contribution in [0.5, 0.6) is 0 Å². The first-order valence-electron chi connectivity index (χ1n) is 9.03. The standard InChI is InChI=1S/C19H23N3O3/c1-11-12(2)25-19-17(11)18(13-6-3-4-7-14(13)20-19)21-15(23)10-22-9-5-8-16(22)24/h3-10H2,1-2H3,(H,20,21,23). The van der Waals surface area contributed by atoms with Gasteiger partial charge in [-0.1, -0.05) is 0 Å². The summed E-state index contributed by atoms with van der Waals surface area (Å²) in [5.74, 6) is 0.747. The fraction of sp³-hybridized carbons (Fsp3) is 0.526. The third kappa shape index (κ3) is 2.79. The number of likely N-dealkylation sites (tertiary alicyclic amines) is 1. The lowest BCUT2D eigenvalue weighted by Gasteiger charge is -2.21. The number of anilines is 1. The fourth-order valence-electron chi connectivity index (χ4n) is 3.90. The van der Waals surface area contributed by atoms with Crippen LogP contribution in [0.2, 0.25) is 0 Å². The number of nitrogens with one attached hydrogen (secondary N) is 1. The molecule has 1 saturated heterocycles. The first-order chi connectivity index (χ1) is 12.0. The maximum Gasteiger partial charge on any atom is 0.244 e. The zero-order valence-corrected chi connectivity index (χ0v) is 14.8. The number of amides is 2. The van der Waals surface area contributed by atoms with Crippen molar-refractivity contribution in [1.82, 2.24) is 9.88 Å². The molecule has 0 radical (unpaired) electrons. The van der Waals surface area contributed by atoms with Gasteiger partial charge in [-0.05, 0) is 51.5 Å². The molecule has 6 heteroatoms. The summed E-state index contributed by atoms with van der Waals surface area (Å²) in [4.78, 5) is 30.7. The quantitative estimate of drug-likeness (QED) is 0.931. The Labute approximate surface area is 146 Å². The summed E-state index contributed by atoms with van der Waals surface area (Å²) in [6, 6.07) is 0. The molecule has 1 aliphatic carbocycles. The molecule has 2 aromatic rings. The van der Waals surface area contributed by atoms with Crippen LogP contribution >= 0.6 is 0 Å². The molecule has 0 atom stereocenters. The molecule has 2 amide bonds. The number of aromatic nitrogens is 1. The molecular formula is C19H23N3O3. The third-order valence-electron chi connectivity index (χ3n) is 5.36. The van der Waals surface area contributed by atoms with Gasteiger partial charge in [-0.2, -0.15) is 0 Å². The molecule has 0 unspecified atom stereocenters. The summed E-state index contributed by atoms with van der Waals surface area (Å²) in [6.07, 6.45) is 5.42. The lowest BCUT2D eigenvalue weighted by atomic mass is 9.93. The van der Waals surface area contributed by atoms with Crippen LogP contribution in [0, 0.1) is 13.8 Å². The van der Waals surface area contributed by atoms with E-state index in [0.29, 0.717) is 18.7 Å². The van der Waals surface area contributed by atoms with E-state index in [1.807, 2.05) is 13.8 Å². The number of pyridine rings is 1. The molecule has 0 spiro atoms. The predicted molar refractivity (Wildman–Crippen MR) is 94.6 cm³/mol. The topological polar surface area (TPSA) is 75.4 Å². The average Bonchev–Trinajstić information content (AvgIpc) is 3.11. The van der Waals surface area contributed by atoms with E-state index in [9.17, 15) is 9.59 Å². The van der Waals surface area contributed by atoms with Crippen molar-refractivity contribution in [1.29, 1.82) is 0 Å². The highest BCUT2D eigenvalue weighted by atomic mass is 16.3.